The van der Waals surface area contributed by atoms with Gasteiger partial charge in [0.1, 0.15) is 11.5 Å². The maximum atomic E-state index is 6.97. The molecule has 0 saturated heterocycles. The quantitative estimate of drug-likeness (QED) is 0.172. The fraction of sp³-hybridized carbons (Fsp3) is 0.311. The van der Waals surface area contributed by atoms with E-state index < -0.39 is 5.41 Å². The predicted molar refractivity (Wildman–Crippen MR) is 256 cm³/mol. The Hall–Kier alpha value is -5.86. The highest BCUT2D eigenvalue weighted by atomic mass is 16.5. The van der Waals surface area contributed by atoms with Crippen LogP contribution in [-0.2, 0) is 21.7 Å². The highest BCUT2D eigenvalue weighted by Gasteiger charge is 2.84. The largest absolute Gasteiger partial charge is 0.457 e. The third-order valence-corrected chi connectivity index (χ3v) is 18.5. The lowest BCUT2D eigenvalue weighted by Crippen LogP contribution is -2.74. The third-order valence-electron chi connectivity index (χ3n) is 18.5. The van der Waals surface area contributed by atoms with Crippen LogP contribution in [0.1, 0.15) is 111 Å². The van der Waals surface area contributed by atoms with Gasteiger partial charge in [0.2, 0.25) is 0 Å². The third kappa shape index (κ3) is 4.41. The molecule has 1 heterocycles. The van der Waals surface area contributed by atoms with Crippen LogP contribution in [0.15, 0.2) is 164 Å². The second-order valence-electron chi connectivity index (χ2n) is 21.9. The number of hydrogen-bond donors (Lipinski definition) is 0. The van der Waals surface area contributed by atoms with Crippen LogP contribution in [-0.4, -0.2) is 0 Å². The average Bonchev–Trinajstić information content (AvgIpc) is 3.95. The van der Waals surface area contributed by atoms with Gasteiger partial charge < -0.3 is 9.64 Å². The molecule has 2 heteroatoms. The van der Waals surface area contributed by atoms with Gasteiger partial charge in [-0.05, 0) is 171 Å². The molecule has 2 spiro atoms. The molecule has 14 rings (SSSR count). The van der Waals surface area contributed by atoms with E-state index in [0.717, 1.165) is 23.3 Å². The van der Waals surface area contributed by atoms with Crippen molar-refractivity contribution >= 4 is 17.1 Å². The van der Waals surface area contributed by atoms with Crippen molar-refractivity contribution in [2.45, 2.75) is 87.9 Å². The summed E-state index contributed by atoms with van der Waals surface area (Å²) >= 11 is 0. The van der Waals surface area contributed by atoms with E-state index in [4.69, 9.17) is 4.74 Å². The molecule has 0 amide bonds. The van der Waals surface area contributed by atoms with E-state index in [1.807, 2.05) is 0 Å². The molecular weight excluding hydrogens is 763 g/mol. The molecule has 63 heavy (non-hydrogen) atoms. The second kappa shape index (κ2) is 12.2. The summed E-state index contributed by atoms with van der Waals surface area (Å²) < 4.78 is 6.97. The van der Waals surface area contributed by atoms with Gasteiger partial charge in [0.15, 0.2) is 0 Å². The van der Waals surface area contributed by atoms with Gasteiger partial charge in [-0.25, -0.2) is 0 Å². The summed E-state index contributed by atoms with van der Waals surface area (Å²) in [5, 5.41) is 0. The number of anilines is 3. The van der Waals surface area contributed by atoms with Gasteiger partial charge in [-0.3, -0.25) is 0 Å². The molecule has 1 aliphatic heterocycles. The number of rotatable bonds is 5. The molecule has 2 bridgehead atoms. The van der Waals surface area contributed by atoms with Gasteiger partial charge in [-0.2, -0.15) is 0 Å². The first-order valence-electron chi connectivity index (χ1n) is 23.9. The highest BCUT2D eigenvalue weighted by Crippen LogP contribution is 2.89. The Morgan fingerprint density at radius 3 is 1.75 bits per heavy atom. The molecule has 2 nitrogen and oxygen atoms in total. The maximum absolute atomic E-state index is 6.97. The van der Waals surface area contributed by atoms with Crippen molar-refractivity contribution in [1.29, 1.82) is 0 Å². The summed E-state index contributed by atoms with van der Waals surface area (Å²) in [4.78, 5) is 2.61. The summed E-state index contributed by atoms with van der Waals surface area (Å²) in [5.41, 5.74) is 17.6. The van der Waals surface area contributed by atoms with Crippen LogP contribution in [0.2, 0.25) is 0 Å². The van der Waals surface area contributed by atoms with Crippen LogP contribution in [0.25, 0.3) is 11.1 Å². The Morgan fingerprint density at radius 2 is 1.02 bits per heavy atom. The first-order valence-corrected chi connectivity index (χ1v) is 23.9. The van der Waals surface area contributed by atoms with E-state index in [0.29, 0.717) is 17.3 Å². The monoisotopic (exact) mass is 817 g/mol. The molecule has 6 aliphatic carbocycles. The van der Waals surface area contributed by atoms with Crippen LogP contribution >= 0.6 is 0 Å². The lowest BCUT2D eigenvalue weighted by molar-refractivity contribution is -0.235. The number of fused-ring (bicyclic) bond motifs is 11. The Morgan fingerprint density at radius 1 is 0.460 bits per heavy atom. The van der Waals surface area contributed by atoms with Crippen LogP contribution in [0.5, 0.6) is 11.5 Å². The number of hydrogen-bond acceptors (Lipinski definition) is 2. The summed E-state index contributed by atoms with van der Waals surface area (Å²) in [6, 6.07) is 62.8. The Kier molecular flexibility index (Phi) is 7.11. The lowest BCUT2D eigenvalue weighted by Gasteiger charge is -2.77. The molecule has 4 fully saturated rings. The summed E-state index contributed by atoms with van der Waals surface area (Å²) in [7, 11) is 0. The smallest absolute Gasteiger partial charge is 0.131 e. The van der Waals surface area contributed by atoms with Crippen LogP contribution < -0.4 is 9.64 Å². The fourth-order valence-corrected chi connectivity index (χ4v) is 15.9. The van der Waals surface area contributed by atoms with E-state index in [1.165, 1.54) is 111 Å². The minimum Gasteiger partial charge on any atom is -0.457 e. The van der Waals surface area contributed by atoms with Crippen LogP contribution in [0.3, 0.4) is 0 Å². The zero-order chi connectivity index (χ0) is 42.1. The zero-order valence-electron chi connectivity index (χ0n) is 37.0. The number of ether oxygens (including phenoxy) is 1. The molecule has 6 atom stereocenters. The maximum Gasteiger partial charge on any atom is 0.131 e. The first-order chi connectivity index (χ1) is 30.7. The van der Waals surface area contributed by atoms with E-state index in [-0.39, 0.29) is 16.2 Å². The summed E-state index contributed by atoms with van der Waals surface area (Å²) in [6.07, 6.45) is 8.00. The Labute approximate surface area is 373 Å². The molecule has 4 saturated carbocycles. The SMILES string of the molecule is CC1(C)CCC(C)(C)c2cc(N(c3ccc4c(c3)C(c3ccccc3)(c3ccccc3)c3ccccc3-4)c3ccc4c(c3)C3(c5ccccc5O4)C4CC5CC6CC3C64C5)ccc21. The van der Waals surface area contributed by atoms with E-state index in [1.54, 1.807) is 0 Å². The second-order valence-corrected chi connectivity index (χ2v) is 21.9. The van der Waals surface area contributed by atoms with Gasteiger partial charge in [0.05, 0.1) is 5.41 Å². The molecule has 7 aliphatic rings. The molecule has 310 valence electrons. The van der Waals surface area contributed by atoms with E-state index >= 15 is 0 Å². The number of nitrogens with zero attached hydrogens (tertiary/aromatic N) is 1. The number of benzene rings is 7. The van der Waals surface area contributed by atoms with Crippen molar-refractivity contribution in [3.8, 4) is 22.6 Å². The van der Waals surface area contributed by atoms with Gasteiger partial charge >= 0.3 is 0 Å². The molecule has 6 unspecified atom stereocenters. The molecule has 0 aromatic heterocycles. The Bertz CT molecular complexity index is 3010. The average molecular weight is 818 g/mol. The molecule has 7 aromatic rings. The minimum absolute atomic E-state index is 0.00521. The van der Waals surface area contributed by atoms with Gasteiger partial charge in [-0.15, -0.1) is 0 Å². The topological polar surface area (TPSA) is 12.5 Å². The van der Waals surface area contributed by atoms with Crippen molar-refractivity contribution in [2.24, 2.45) is 29.1 Å². The zero-order valence-corrected chi connectivity index (χ0v) is 37.0. The standard InChI is InChI=1S/C61H55NO/c1-57(2)29-30-58(3,4)51-35-43(24-27-48(51)57)62(42-23-26-46-45-19-11-12-20-47(45)60(50(46)34-42,39-15-7-5-8-16-39)40-17-9-6-10-18-40)44-25-28-54-52(36-44)61(49-21-13-14-22-53(49)63-54)55-32-38-31-41-33-56(61)59(41,55)37-38/h5-28,34-36,38,41,55-56H,29-33,37H2,1-4H3. The molecule has 7 aromatic carbocycles. The Balaban J connectivity index is 1.02. The summed E-state index contributed by atoms with van der Waals surface area (Å²) in [6.45, 7) is 9.80. The van der Waals surface area contributed by atoms with Gasteiger partial charge in [0.25, 0.3) is 0 Å². The van der Waals surface area contributed by atoms with Crippen LogP contribution in [0, 0.1) is 29.1 Å². The van der Waals surface area contributed by atoms with Gasteiger partial charge in [0, 0.05) is 33.6 Å². The first kappa shape index (κ1) is 36.6. The predicted octanol–water partition coefficient (Wildman–Crippen LogP) is 15.3. The lowest BCUT2D eigenvalue weighted by atomic mass is 9.26. The van der Waals surface area contributed by atoms with Crippen molar-refractivity contribution in [1.82, 2.24) is 0 Å². The van der Waals surface area contributed by atoms with Crippen LogP contribution in [0.4, 0.5) is 17.1 Å². The minimum atomic E-state index is -0.488. The molecule has 0 N–H and O–H groups in total. The van der Waals surface area contributed by atoms with E-state index in [2.05, 4.69) is 196 Å². The summed E-state index contributed by atoms with van der Waals surface area (Å²) in [5.74, 6) is 5.30. The normalized spacial score (nSPS) is 28.3. The number of para-hydroxylation sites is 1. The molecular formula is C61H55NO. The van der Waals surface area contributed by atoms with Crippen molar-refractivity contribution in [2.75, 3.05) is 4.90 Å². The van der Waals surface area contributed by atoms with E-state index in [9.17, 15) is 0 Å². The fourth-order valence-electron chi connectivity index (χ4n) is 15.9. The molecule has 0 radical (unpaired) electrons. The van der Waals surface area contributed by atoms with Gasteiger partial charge in [-0.1, -0.05) is 143 Å². The highest BCUT2D eigenvalue weighted by molar-refractivity contribution is 5.90. The van der Waals surface area contributed by atoms with Crippen molar-refractivity contribution in [3.05, 3.63) is 208 Å². The van der Waals surface area contributed by atoms with Crippen molar-refractivity contribution < 1.29 is 4.74 Å². The van der Waals surface area contributed by atoms with Crippen molar-refractivity contribution in [3.63, 3.8) is 0 Å².